The van der Waals surface area contributed by atoms with Crippen LogP contribution in [0.15, 0.2) is 39.5 Å². The van der Waals surface area contributed by atoms with E-state index in [0.29, 0.717) is 16.4 Å². The molecule has 5 rings (SSSR count). The summed E-state index contributed by atoms with van der Waals surface area (Å²) in [5.74, 6) is -7.42. The van der Waals surface area contributed by atoms with Gasteiger partial charge in [-0.15, -0.1) is 11.3 Å². The average molecular weight is 628 g/mol. The summed E-state index contributed by atoms with van der Waals surface area (Å²) in [6.45, 7) is -0.000538. The highest BCUT2D eigenvalue weighted by Gasteiger charge is 2.64. The molecule has 1 aromatic heterocycles. The lowest BCUT2D eigenvalue weighted by atomic mass is 9.57. The topological polar surface area (TPSA) is 234 Å². The number of rotatable bonds is 7. The number of anilines is 2. The molecule has 0 radical (unpaired) electrons. The fraction of sp³-hybridized carbons (Fsp3) is 0.393. The number of benzene rings is 1. The van der Waals surface area contributed by atoms with Crippen molar-refractivity contribution in [2.45, 2.75) is 24.5 Å². The molecule has 3 aliphatic rings. The number of phenols is 1. The third-order valence-electron chi connectivity index (χ3n) is 8.38. The molecule has 0 aliphatic heterocycles. The third-order valence-corrected chi connectivity index (χ3v) is 9.11. The van der Waals surface area contributed by atoms with Crippen LogP contribution in [0.5, 0.6) is 5.75 Å². The number of hydrogen-bond acceptors (Lipinski definition) is 14. The van der Waals surface area contributed by atoms with E-state index in [1.54, 1.807) is 50.7 Å². The molecule has 0 saturated heterocycles. The molecule has 1 saturated carbocycles. The number of aromatic hydroxyl groups is 1. The van der Waals surface area contributed by atoms with E-state index in [4.69, 9.17) is 5.73 Å². The Bertz CT molecular complexity index is 1650. The van der Waals surface area contributed by atoms with Crippen LogP contribution in [-0.2, 0) is 20.8 Å². The zero-order chi connectivity index (χ0) is 32.2. The number of aliphatic hydroxyl groups is 3. The number of hydrogen-bond donors (Lipinski definition) is 8. The number of carbonyl (C=O) groups is 3. The summed E-state index contributed by atoms with van der Waals surface area (Å²) in [5, 5.41) is 60.9. The Hall–Kier alpha value is -4.51. The first kappa shape index (κ1) is 30.9. The minimum atomic E-state index is -2.74. The molecule has 2 aromatic rings. The number of hydroxylamine groups is 1. The van der Waals surface area contributed by atoms with Gasteiger partial charge in [0, 0.05) is 42.9 Å². The molecule has 2 unspecified atom stereocenters. The number of nitrogens with one attached hydrogen (secondary N) is 2. The van der Waals surface area contributed by atoms with Crippen molar-refractivity contribution in [1.29, 1.82) is 0 Å². The monoisotopic (exact) mass is 627 g/mol. The Kier molecular flexibility index (Phi) is 7.88. The van der Waals surface area contributed by atoms with E-state index in [-0.39, 0.29) is 42.0 Å². The van der Waals surface area contributed by atoms with Crippen molar-refractivity contribution >= 4 is 56.9 Å². The number of amidine groups is 1. The molecule has 44 heavy (non-hydrogen) atoms. The maximum absolute atomic E-state index is 14.1. The third kappa shape index (κ3) is 4.66. The van der Waals surface area contributed by atoms with Crippen LogP contribution in [0.1, 0.15) is 17.5 Å². The zero-order valence-corrected chi connectivity index (χ0v) is 25.1. The van der Waals surface area contributed by atoms with Crippen LogP contribution < -0.4 is 21.4 Å². The average Bonchev–Trinajstić information content (AvgIpc) is 3.47. The molecule has 0 spiro atoms. The molecule has 1 fully saturated rings. The van der Waals surface area contributed by atoms with Gasteiger partial charge in [-0.25, -0.2) is 9.98 Å². The number of aliphatic imine (C=N–C) groups is 1. The van der Waals surface area contributed by atoms with Crippen molar-refractivity contribution < 1.29 is 40.0 Å². The molecule has 1 heterocycles. The highest BCUT2D eigenvalue weighted by Crippen LogP contribution is 2.54. The van der Waals surface area contributed by atoms with Gasteiger partial charge in [-0.2, -0.15) is 0 Å². The molecule has 4 atom stereocenters. The summed E-state index contributed by atoms with van der Waals surface area (Å²) in [6, 6.07) is 0.391. The second-order valence-electron chi connectivity index (χ2n) is 11.3. The Morgan fingerprint density at radius 3 is 2.50 bits per heavy atom. The van der Waals surface area contributed by atoms with Crippen LogP contribution in [0.2, 0.25) is 0 Å². The smallest absolute Gasteiger partial charge is 0.255 e. The molecular formula is C28H33N7O8S. The molecule has 1 aromatic carbocycles. The number of aliphatic hydroxyl groups excluding tert-OH is 2. The van der Waals surface area contributed by atoms with Gasteiger partial charge >= 0.3 is 0 Å². The summed E-state index contributed by atoms with van der Waals surface area (Å²) >= 11 is 1.33. The van der Waals surface area contributed by atoms with Crippen LogP contribution >= 0.6 is 11.3 Å². The highest BCUT2D eigenvalue weighted by molar-refractivity contribution is 7.13. The van der Waals surface area contributed by atoms with Crippen molar-refractivity contribution in [3.05, 3.63) is 45.7 Å². The number of phenolic OH excluding ortho intramolecular Hbond substituents is 1. The number of carbonyl (C=O) groups excluding carboxylic acids is 3. The van der Waals surface area contributed by atoms with Gasteiger partial charge < -0.3 is 36.4 Å². The molecular weight excluding hydrogens is 594 g/mol. The predicted molar refractivity (Wildman–Crippen MR) is 161 cm³/mol. The first-order valence-corrected chi connectivity index (χ1v) is 14.4. The van der Waals surface area contributed by atoms with Gasteiger partial charge in [-0.05, 0) is 44.5 Å². The van der Waals surface area contributed by atoms with Crippen LogP contribution in [0, 0.1) is 11.8 Å². The zero-order valence-electron chi connectivity index (χ0n) is 24.3. The second kappa shape index (κ2) is 11.2. The van der Waals surface area contributed by atoms with E-state index < -0.39 is 63.8 Å². The van der Waals surface area contributed by atoms with Gasteiger partial charge in [0.2, 0.25) is 5.78 Å². The summed E-state index contributed by atoms with van der Waals surface area (Å²) < 4.78 is 0. The van der Waals surface area contributed by atoms with Gasteiger partial charge in [-0.3, -0.25) is 30.0 Å². The van der Waals surface area contributed by atoms with Crippen molar-refractivity contribution in [1.82, 2.24) is 15.4 Å². The number of amides is 1. The van der Waals surface area contributed by atoms with E-state index in [1.165, 1.54) is 16.2 Å². The molecule has 234 valence electrons. The lowest BCUT2D eigenvalue weighted by molar-refractivity contribution is -0.153. The minimum absolute atomic E-state index is 0.000538. The highest BCUT2D eigenvalue weighted by atomic mass is 32.1. The van der Waals surface area contributed by atoms with Crippen molar-refractivity contribution in [3.63, 3.8) is 0 Å². The lowest BCUT2D eigenvalue weighted by Gasteiger charge is -2.50. The number of fused-ring (bicyclic) bond motifs is 3. The molecule has 3 aliphatic carbocycles. The van der Waals surface area contributed by atoms with E-state index in [0.717, 1.165) is 0 Å². The summed E-state index contributed by atoms with van der Waals surface area (Å²) in [7, 11) is 6.57. The molecule has 9 N–H and O–H groups in total. The Morgan fingerprint density at radius 2 is 1.93 bits per heavy atom. The van der Waals surface area contributed by atoms with E-state index in [1.807, 2.05) is 5.48 Å². The fourth-order valence-electron chi connectivity index (χ4n) is 6.48. The van der Waals surface area contributed by atoms with Crippen molar-refractivity contribution in [2.75, 3.05) is 45.0 Å². The van der Waals surface area contributed by atoms with Crippen LogP contribution in [0.4, 0.5) is 16.5 Å². The largest absolute Gasteiger partial charge is 0.508 e. The van der Waals surface area contributed by atoms with E-state index in [2.05, 4.69) is 15.3 Å². The van der Waals surface area contributed by atoms with Crippen molar-refractivity contribution in [2.24, 2.45) is 22.6 Å². The molecule has 0 bridgehead atoms. The van der Waals surface area contributed by atoms with Crippen molar-refractivity contribution in [3.8, 4) is 5.75 Å². The summed E-state index contributed by atoms with van der Waals surface area (Å²) in [4.78, 5) is 51.2. The molecule has 1 amide bonds. The lowest BCUT2D eigenvalue weighted by Crippen LogP contribution is -2.65. The minimum Gasteiger partial charge on any atom is -0.508 e. The fourth-order valence-corrected chi connectivity index (χ4v) is 7.01. The number of primary amides is 1. The summed E-state index contributed by atoms with van der Waals surface area (Å²) in [6.07, 6.45) is 1.69. The number of ketones is 2. The predicted octanol–water partition coefficient (Wildman–Crippen LogP) is 0.607. The van der Waals surface area contributed by atoms with Gasteiger partial charge in [-0.1, -0.05) is 0 Å². The molecule has 16 heteroatoms. The van der Waals surface area contributed by atoms with Gasteiger partial charge in [0.05, 0.1) is 18.2 Å². The Balaban J connectivity index is 1.67. The SMILES string of the molecule is CN(C)c1cc(N=C(CNc2nccs2)NO)c(O)c2c1CC1CC3[C@H](N(C)C)C(=O)C(C(N)=O)=C(O)[C@@]3(O)C(=O)C1=C2O. The normalized spacial score (nSPS) is 25.1. The second-order valence-corrected chi connectivity index (χ2v) is 12.2. The van der Waals surface area contributed by atoms with Crippen LogP contribution in [-0.4, -0.2) is 105 Å². The number of thiazole rings is 1. The first-order valence-electron chi connectivity index (χ1n) is 13.6. The first-order chi connectivity index (χ1) is 20.7. The van der Waals surface area contributed by atoms with Crippen LogP contribution in [0.3, 0.4) is 0 Å². The standard InChI is InChI=1S/C28H33N7O8S/c1-34(2)15-9-14(32-16(33-43)10-31-27-30-5-6-44-27)21(36)18-12(15)7-11-8-13-20(35(3)4)23(38)19(26(29)41)25(40)28(13,42)24(39)17(11)22(18)37/h5-6,9,11,13,20,36-37,40,42-43H,7-8,10H2,1-4H3,(H2,29,41)(H,30,31)(H,32,33)/t11?,13?,20-,28-/m0/s1. The van der Waals surface area contributed by atoms with Gasteiger partial charge in [0.25, 0.3) is 5.91 Å². The number of aromatic nitrogens is 1. The number of nitrogens with zero attached hydrogens (tertiary/aromatic N) is 4. The number of Topliss-reactive ketones (excluding diaryl/α,β-unsaturated/α-hetero) is 2. The number of likely N-dealkylation sites (N-methyl/N-ethyl adjacent to an activating group) is 1. The number of nitrogens with two attached hydrogens (primary N) is 1. The van der Waals surface area contributed by atoms with E-state index >= 15 is 0 Å². The van der Waals surface area contributed by atoms with Crippen LogP contribution in [0.25, 0.3) is 5.76 Å². The molecule has 15 nitrogen and oxygen atoms in total. The summed E-state index contributed by atoms with van der Waals surface area (Å²) in [5.41, 5.74) is 4.33. The maximum Gasteiger partial charge on any atom is 0.255 e. The Labute approximate surface area is 255 Å². The van der Waals surface area contributed by atoms with E-state index in [9.17, 15) is 40.0 Å². The Morgan fingerprint density at radius 1 is 1.23 bits per heavy atom. The van der Waals surface area contributed by atoms with Gasteiger partial charge in [0.15, 0.2) is 22.3 Å². The quantitative estimate of drug-likeness (QED) is 0.0910. The van der Waals surface area contributed by atoms with Gasteiger partial charge in [0.1, 0.15) is 28.6 Å². The maximum atomic E-state index is 14.1.